The Morgan fingerprint density at radius 3 is 2.30 bits per heavy atom. The number of rotatable bonds is 9. The summed E-state index contributed by atoms with van der Waals surface area (Å²) >= 11 is 9.12. The number of thiol groups is 1. The molecule has 0 bridgehead atoms. The molecule has 0 saturated heterocycles. The van der Waals surface area contributed by atoms with Crippen LogP contribution in [0.4, 0.5) is 5.69 Å². The van der Waals surface area contributed by atoms with Gasteiger partial charge in [0.15, 0.2) is 0 Å². The summed E-state index contributed by atoms with van der Waals surface area (Å²) < 4.78 is 0.534. The van der Waals surface area contributed by atoms with Crippen LogP contribution in [0.1, 0.15) is 57.4 Å². The minimum absolute atomic E-state index is 0. The molecular formula is C16H27NS3. The first-order valence-electron chi connectivity index (χ1n) is 7.32. The van der Waals surface area contributed by atoms with Gasteiger partial charge in [0.05, 0.1) is 0 Å². The Balaban J connectivity index is 0.00000361. The molecule has 0 heterocycles. The molecule has 0 aromatic heterocycles. The number of anilines is 1. The van der Waals surface area contributed by atoms with Gasteiger partial charge in [-0.25, -0.2) is 0 Å². The number of para-hydroxylation sites is 1. The molecule has 0 aliphatic carbocycles. The molecule has 0 spiro atoms. The molecule has 1 aromatic carbocycles. The van der Waals surface area contributed by atoms with E-state index in [1.807, 2.05) is 6.07 Å². The van der Waals surface area contributed by atoms with E-state index < -0.39 is 0 Å². The first-order chi connectivity index (χ1) is 9.24. The van der Waals surface area contributed by atoms with Gasteiger partial charge >= 0.3 is 0 Å². The van der Waals surface area contributed by atoms with Crippen LogP contribution in [-0.2, 0) is 6.42 Å². The molecule has 4 heteroatoms. The molecule has 0 aliphatic rings. The Labute approximate surface area is 141 Å². The fourth-order valence-electron chi connectivity index (χ4n) is 2.25. The Hall–Kier alpha value is -0.190. The highest BCUT2D eigenvalue weighted by atomic mass is 32.1. The summed E-state index contributed by atoms with van der Waals surface area (Å²) in [5.41, 5.74) is 2.45. The van der Waals surface area contributed by atoms with Crippen molar-refractivity contribution >= 4 is 48.4 Å². The van der Waals surface area contributed by atoms with Crippen LogP contribution in [0.25, 0.3) is 0 Å². The first kappa shape index (κ1) is 19.8. The summed E-state index contributed by atoms with van der Waals surface area (Å²) in [6, 6.07) is 8.36. The van der Waals surface area contributed by atoms with Gasteiger partial charge in [-0.1, -0.05) is 75.9 Å². The van der Waals surface area contributed by atoms with E-state index in [-0.39, 0.29) is 13.5 Å². The summed E-state index contributed by atoms with van der Waals surface area (Å²) in [7, 11) is 0. The van der Waals surface area contributed by atoms with Crippen LogP contribution in [0.15, 0.2) is 24.3 Å². The highest BCUT2D eigenvalue weighted by Gasteiger charge is 2.02. The Morgan fingerprint density at radius 2 is 1.65 bits per heavy atom. The van der Waals surface area contributed by atoms with Crippen molar-refractivity contribution in [2.75, 3.05) is 5.32 Å². The number of unbranched alkanes of at least 4 members (excludes halogenated alkanes) is 6. The van der Waals surface area contributed by atoms with Gasteiger partial charge in [0, 0.05) is 5.69 Å². The van der Waals surface area contributed by atoms with Gasteiger partial charge in [-0.3, -0.25) is 0 Å². The smallest absolute Gasteiger partial charge is 0.135 e. The van der Waals surface area contributed by atoms with Gasteiger partial charge in [-0.05, 0) is 24.5 Å². The zero-order valence-electron chi connectivity index (χ0n) is 12.3. The van der Waals surface area contributed by atoms with Crippen LogP contribution in [0.3, 0.4) is 0 Å². The second-order valence-electron chi connectivity index (χ2n) is 4.96. The van der Waals surface area contributed by atoms with Gasteiger partial charge < -0.3 is 5.32 Å². The molecular weight excluding hydrogens is 302 g/mol. The third-order valence-corrected chi connectivity index (χ3v) is 3.52. The lowest BCUT2D eigenvalue weighted by molar-refractivity contribution is 0.589. The van der Waals surface area contributed by atoms with E-state index in [9.17, 15) is 0 Å². The number of benzene rings is 1. The lowest BCUT2D eigenvalue weighted by Gasteiger charge is -2.10. The van der Waals surface area contributed by atoms with Crippen molar-refractivity contribution in [3.63, 3.8) is 0 Å². The molecule has 0 amide bonds. The van der Waals surface area contributed by atoms with Gasteiger partial charge in [0.25, 0.3) is 0 Å². The Kier molecular flexibility index (Phi) is 12.4. The lowest BCUT2D eigenvalue weighted by atomic mass is 10.0. The summed E-state index contributed by atoms with van der Waals surface area (Å²) in [6.07, 6.45) is 10.5. The van der Waals surface area contributed by atoms with E-state index in [2.05, 4.69) is 43.1 Å². The molecule has 0 fully saturated rings. The van der Waals surface area contributed by atoms with Gasteiger partial charge in [0.2, 0.25) is 0 Å². The van der Waals surface area contributed by atoms with E-state index in [0.29, 0.717) is 4.32 Å². The predicted octanol–water partition coefficient (Wildman–Crippen LogP) is 5.72. The molecule has 0 unspecified atom stereocenters. The van der Waals surface area contributed by atoms with E-state index in [0.717, 1.165) is 12.1 Å². The van der Waals surface area contributed by atoms with Crippen molar-refractivity contribution in [2.45, 2.75) is 58.3 Å². The standard InChI is InChI=1S/C16H25NS2.H2S/c1-2-3-4-5-6-7-8-11-14-12-9-10-13-15(14)17-16(18)19;/h9-10,12-13H,2-8,11H2,1H3,(H2,17,18,19);1H2. The maximum absolute atomic E-state index is 4.98. The average molecular weight is 330 g/mol. The van der Waals surface area contributed by atoms with Crippen molar-refractivity contribution in [2.24, 2.45) is 0 Å². The quantitative estimate of drug-likeness (QED) is 0.341. The molecule has 20 heavy (non-hydrogen) atoms. The Morgan fingerprint density at radius 1 is 1.05 bits per heavy atom. The van der Waals surface area contributed by atoms with Crippen molar-refractivity contribution in [1.29, 1.82) is 0 Å². The fourth-order valence-corrected chi connectivity index (χ4v) is 2.48. The number of hydrogen-bond donors (Lipinski definition) is 2. The highest BCUT2D eigenvalue weighted by molar-refractivity contribution is 8.11. The van der Waals surface area contributed by atoms with Crippen molar-refractivity contribution in [3.05, 3.63) is 29.8 Å². The van der Waals surface area contributed by atoms with Crippen LogP contribution in [0, 0.1) is 0 Å². The summed E-state index contributed by atoms with van der Waals surface area (Å²) in [4.78, 5) is 0. The van der Waals surface area contributed by atoms with Crippen LogP contribution in [-0.4, -0.2) is 4.32 Å². The van der Waals surface area contributed by atoms with E-state index in [1.54, 1.807) is 0 Å². The Bertz CT molecular complexity index is 380. The summed E-state index contributed by atoms with van der Waals surface area (Å²) in [5, 5.41) is 3.14. The zero-order chi connectivity index (χ0) is 13.9. The molecule has 1 nitrogen and oxygen atoms in total. The van der Waals surface area contributed by atoms with E-state index in [1.165, 1.54) is 50.5 Å². The number of aryl methyl sites for hydroxylation is 1. The second kappa shape index (κ2) is 12.5. The maximum Gasteiger partial charge on any atom is 0.135 e. The average Bonchev–Trinajstić information content (AvgIpc) is 2.39. The van der Waals surface area contributed by atoms with Crippen LogP contribution in [0.2, 0.25) is 0 Å². The van der Waals surface area contributed by atoms with E-state index >= 15 is 0 Å². The van der Waals surface area contributed by atoms with Crippen molar-refractivity contribution in [3.8, 4) is 0 Å². The monoisotopic (exact) mass is 329 g/mol. The minimum atomic E-state index is 0. The fraction of sp³-hybridized carbons (Fsp3) is 0.562. The predicted molar refractivity (Wildman–Crippen MR) is 104 cm³/mol. The molecule has 0 saturated carbocycles. The molecule has 1 rings (SSSR count). The number of nitrogens with one attached hydrogen (secondary N) is 1. The zero-order valence-corrected chi connectivity index (χ0v) is 15.0. The van der Waals surface area contributed by atoms with Gasteiger partial charge in [-0.2, -0.15) is 13.5 Å². The molecule has 114 valence electrons. The first-order valence-corrected chi connectivity index (χ1v) is 8.17. The lowest BCUT2D eigenvalue weighted by Crippen LogP contribution is -2.04. The number of hydrogen-bond acceptors (Lipinski definition) is 1. The SMILES string of the molecule is CCCCCCCCCc1ccccc1NC(=S)S.S. The molecule has 1 aromatic rings. The second-order valence-corrected chi connectivity index (χ2v) is 6.12. The molecule has 0 radical (unpaired) electrons. The highest BCUT2D eigenvalue weighted by Crippen LogP contribution is 2.19. The maximum atomic E-state index is 4.98. The number of thiocarbonyl (C=S) groups is 1. The topological polar surface area (TPSA) is 12.0 Å². The third-order valence-electron chi connectivity index (χ3n) is 3.31. The molecule has 0 aliphatic heterocycles. The minimum Gasteiger partial charge on any atom is -0.341 e. The van der Waals surface area contributed by atoms with Crippen molar-refractivity contribution < 1.29 is 0 Å². The van der Waals surface area contributed by atoms with Crippen LogP contribution < -0.4 is 5.32 Å². The normalized spacial score (nSPS) is 9.90. The summed E-state index contributed by atoms with van der Waals surface area (Å²) in [5.74, 6) is 0. The van der Waals surface area contributed by atoms with Crippen LogP contribution >= 0.6 is 38.3 Å². The summed E-state index contributed by atoms with van der Waals surface area (Å²) in [6.45, 7) is 2.26. The largest absolute Gasteiger partial charge is 0.341 e. The molecule has 1 N–H and O–H groups in total. The van der Waals surface area contributed by atoms with Gasteiger partial charge in [-0.15, -0.1) is 12.6 Å². The van der Waals surface area contributed by atoms with Crippen molar-refractivity contribution in [1.82, 2.24) is 0 Å². The van der Waals surface area contributed by atoms with Gasteiger partial charge in [0.1, 0.15) is 4.32 Å². The van der Waals surface area contributed by atoms with Crippen LogP contribution in [0.5, 0.6) is 0 Å². The third kappa shape index (κ3) is 8.88. The molecule has 0 atom stereocenters. The van der Waals surface area contributed by atoms with E-state index in [4.69, 9.17) is 12.2 Å².